The summed E-state index contributed by atoms with van der Waals surface area (Å²) in [5.74, 6) is 1.93. The number of aliphatic hydroxyl groups is 1. The molecule has 2 atom stereocenters. The molecule has 94 valence electrons. The molecule has 0 aromatic heterocycles. The van der Waals surface area contributed by atoms with Crippen LogP contribution in [0.3, 0.4) is 0 Å². The molecule has 0 radical (unpaired) electrons. The van der Waals surface area contributed by atoms with E-state index in [4.69, 9.17) is 11.6 Å². The number of thioether (sulfide) groups is 2. The van der Waals surface area contributed by atoms with Gasteiger partial charge < -0.3 is 5.11 Å². The van der Waals surface area contributed by atoms with Crippen LogP contribution in [0.5, 0.6) is 0 Å². The van der Waals surface area contributed by atoms with Crippen LogP contribution in [-0.4, -0.2) is 28.0 Å². The molecule has 2 rings (SSSR count). The first kappa shape index (κ1) is 13.6. The summed E-state index contributed by atoms with van der Waals surface area (Å²) in [6, 6.07) is 7.81. The number of halogens is 1. The smallest absolute Gasteiger partial charge is 0.0752 e. The number of rotatable bonds is 4. The van der Waals surface area contributed by atoms with Crippen LogP contribution in [0.15, 0.2) is 29.2 Å². The summed E-state index contributed by atoms with van der Waals surface area (Å²) in [4.78, 5) is 1.06. The minimum Gasteiger partial charge on any atom is -0.391 e. The Morgan fingerprint density at radius 3 is 2.94 bits per heavy atom. The summed E-state index contributed by atoms with van der Waals surface area (Å²) < 4.78 is 0. The molecule has 1 heterocycles. The van der Waals surface area contributed by atoms with Gasteiger partial charge in [0, 0.05) is 15.9 Å². The van der Waals surface area contributed by atoms with Crippen LogP contribution in [-0.2, 0) is 0 Å². The first-order chi connectivity index (χ1) is 8.27. The molecule has 1 N–H and O–H groups in total. The zero-order chi connectivity index (χ0) is 12.1. The predicted molar refractivity (Wildman–Crippen MR) is 78.3 cm³/mol. The average molecular weight is 289 g/mol. The third kappa shape index (κ3) is 4.09. The summed E-state index contributed by atoms with van der Waals surface area (Å²) >= 11 is 9.65. The van der Waals surface area contributed by atoms with E-state index in [-0.39, 0.29) is 6.10 Å². The third-order valence-electron chi connectivity index (χ3n) is 2.89. The molecule has 1 fully saturated rings. The first-order valence-electron chi connectivity index (χ1n) is 5.94. The number of aliphatic hydroxyl groups excluding tert-OH is 1. The van der Waals surface area contributed by atoms with Crippen molar-refractivity contribution in [3.63, 3.8) is 0 Å². The van der Waals surface area contributed by atoms with E-state index in [9.17, 15) is 5.11 Å². The van der Waals surface area contributed by atoms with E-state index in [0.29, 0.717) is 5.25 Å². The molecule has 1 aromatic carbocycles. The molecule has 0 amide bonds. The number of benzene rings is 1. The highest BCUT2D eigenvalue weighted by atomic mass is 35.5. The Labute approximate surface area is 116 Å². The normalized spacial score (nSPS) is 22.4. The van der Waals surface area contributed by atoms with Gasteiger partial charge in [-0.15, -0.1) is 11.8 Å². The molecule has 0 spiro atoms. The molecular formula is C13H17ClOS2. The van der Waals surface area contributed by atoms with Gasteiger partial charge >= 0.3 is 0 Å². The zero-order valence-electron chi connectivity index (χ0n) is 9.64. The second kappa shape index (κ2) is 6.93. The van der Waals surface area contributed by atoms with Crippen LogP contribution in [0.25, 0.3) is 0 Å². The minimum absolute atomic E-state index is 0.221. The molecule has 0 saturated carbocycles. The lowest BCUT2D eigenvalue weighted by Gasteiger charge is -2.25. The molecular weight excluding hydrogens is 272 g/mol. The Hall–Kier alpha value is 0.170. The van der Waals surface area contributed by atoms with E-state index in [2.05, 4.69) is 0 Å². The van der Waals surface area contributed by atoms with Crippen molar-refractivity contribution in [2.45, 2.75) is 35.5 Å². The largest absolute Gasteiger partial charge is 0.391 e. The first-order valence-corrected chi connectivity index (χ1v) is 8.35. The van der Waals surface area contributed by atoms with Crippen molar-refractivity contribution < 1.29 is 5.11 Å². The minimum atomic E-state index is -0.221. The van der Waals surface area contributed by atoms with Crippen LogP contribution >= 0.6 is 35.1 Å². The van der Waals surface area contributed by atoms with Gasteiger partial charge in [-0.1, -0.05) is 30.2 Å². The third-order valence-corrected chi connectivity index (χ3v) is 6.01. The van der Waals surface area contributed by atoms with Crippen LogP contribution in [0.1, 0.15) is 19.3 Å². The molecule has 0 bridgehead atoms. The fourth-order valence-corrected chi connectivity index (χ4v) is 4.62. The number of hydrogen-bond donors (Lipinski definition) is 1. The lowest BCUT2D eigenvalue weighted by Crippen LogP contribution is -2.27. The van der Waals surface area contributed by atoms with E-state index in [1.807, 2.05) is 36.0 Å². The van der Waals surface area contributed by atoms with Crippen molar-refractivity contribution in [1.82, 2.24) is 0 Å². The Morgan fingerprint density at radius 1 is 1.41 bits per heavy atom. The molecule has 17 heavy (non-hydrogen) atoms. The number of hydrogen-bond acceptors (Lipinski definition) is 3. The van der Waals surface area contributed by atoms with Crippen LogP contribution in [0.4, 0.5) is 0 Å². The van der Waals surface area contributed by atoms with Crippen LogP contribution in [0.2, 0.25) is 5.02 Å². The molecule has 1 aliphatic heterocycles. The topological polar surface area (TPSA) is 20.2 Å². The summed E-state index contributed by atoms with van der Waals surface area (Å²) in [6.45, 7) is 0. The van der Waals surface area contributed by atoms with Gasteiger partial charge in [0.15, 0.2) is 0 Å². The van der Waals surface area contributed by atoms with E-state index < -0.39 is 0 Å². The Kier molecular flexibility index (Phi) is 5.54. The summed E-state index contributed by atoms with van der Waals surface area (Å²) in [6.07, 6.45) is 3.48. The highest BCUT2D eigenvalue weighted by Crippen LogP contribution is 2.32. The second-order valence-corrected chi connectivity index (χ2v) is 7.03. The van der Waals surface area contributed by atoms with Crippen molar-refractivity contribution in [3.05, 3.63) is 29.3 Å². The zero-order valence-corrected chi connectivity index (χ0v) is 12.0. The average Bonchev–Trinajstić information content (AvgIpc) is 2.38. The standard InChI is InChI=1S/C13H17ClOS2/c14-10-5-1-2-6-12(10)17-9-11(15)13-7-3-4-8-16-13/h1-2,5-6,11,13,15H,3-4,7-9H2. The molecule has 1 aliphatic rings. The van der Waals surface area contributed by atoms with Crippen molar-refractivity contribution in [1.29, 1.82) is 0 Å². The van der Waals surface area contributed by atoms with Gasteiger partial charge in [-0.2, -0.15) is 11.8 Å². The molecule has 0 aliphatic carbocycles. The van der Waals surface area contributed by atoms with Gasteiger partial charge in [0.05, 0.1) is 11.1 Å². The lowest BCUT2D eigenvalue weighted by molar-refractivity contribution is 0.190. The lowest BCUT2D eigenvalue weighted by atomic mass is 10.1. The van der Waals surface area contributed by atoms with Gasteiger partial charge in [0.25, 0.3) is 0 Å². The Balaban J connectivity index is 1.83. The SMILES string of the molecule is OC(CSc1ccccc1Cl)C1CCCCS1. The fraction of sp³-hybridized carbons (Fsp3) is 0.538. The maximum Gasteiger partial charge on any atom is 0.0752 e. The molecule has 1 aromatic rings. The fourth-order valence-electron chi connectivity index (χ4n) is 1.91. The van der Waals surface area contributed by atoms with Gasteiger partial charge in [-0.3, -0.25) is 0 Å². The summed E-state index contributed by atoms with van der Waals surface area (Å²) in [5.41, 5.74) is 0. The summed E-state index contributed by atoms with van der Waals surface area (Å²) in [7, 11) is 0. The van der Waals surface area contributed by atoms with Gasteiger partial charge in [-0.05, 0) is 30.7 Å². The quantitative estimate of drug-likeness (QED) is 0.843. The van der Waals surface area contributed by atoms with Gasteiger partial charge in [0.1, 0.15) is 0 Å². The van der Waals surface area contributed by atoms with Crippen molar-refractivity contribution in [2.24, 2.45) is 0 Å². The molecule has 4 heteroatoms. The molecule has 1 nitrogen and oxygen atoms in total. The maximum atomic E-state index is 10.1. The van der Waals surface area contributed by atoms with E-state index in [1.165, 1.54) is 18.6 Å². The molecule has 1 saturated heterocycles. The van der Waals surface area contributed by atoms with Crippen molar-refractivity contribution in [2.75, 3.05) is 11.5 Å². The highest BCUT2D eigenvalue weighted by molar-refractivity contribution is 8.00. The van der Waals surface area contributed by atoms with E-state index in [0.717, 1.165) is 22.1 Å². The highest BCUT2D eigenvalue weighted by Gasteiger charge is 2.22. The van der Waals surface area contributed by atoms with E-state index in [1.54, 1.807) is 11.8 Å². The summed E-state index contributed by atoms with van der Waals surface area (Å²) in [5, 5.41) is 11.3. The monoisotopic (exact) mass is 288 g/mol. The Morgan fingerprint density at radius 2 is 2.24 bits per heavy atom. The second-order valence-electron chi connectivity index (χ2n) is 4.21. The van der Waals surface area contributed by atoms with Gasteiger partial charge in [0.2, 0.25) is 0 Å². The predicted octanol–water partition coefficient (Wildman–Crippen LogP) is 4.08. The van der Waals surface area contributed by atoms with Gasteiger partial charge in [-0.25, -0.2) is 0 Å². The van der Waals surface area contributed by atoms with Crippen molar-refractivity contribution in [3.8, 4) is 0 Å². The van der Waals surface area contributed by atoms with Crippen LogP contribution in [0, 0.1) is 0 Å². The van der Waals surface area contributed by atoms with Crippen molar-refractivity contribution >= 4 is 35.1 Å². The van der Waals surface area contributed by atoms with Crippen LogP contribution < -0.4 is 0 Å². The molecule has 2 unspecified atom stereocenters. The van der Waals surface area contributed by atoms with E-state index >= 15 is 0 Å². The Bertz CT molecular complexity index is 353. The maximum absolute atomic E-state index is 10.1.